The van der Waals surface area contributed by atoms with Crippen LogP contribution in [-0.4, -0.2) is 36.2 Å². The molecule has 0 aliphatic carbocycles. The van der Waals surface area contributed by atoms with E-state index < -0.39 is 0 Å². The monoisotopic (exact) mass is 288 g/mol. The summed E-state index contributed by atoms with van der Waals surface area (Å²) in [5, 5.41) is 3.67. The van der Waals surface area contributed by atoms with Gasteiger partial charge in [-0.1, -0.05) is 12.1 Å². The minimum absolute atomic E-state index is 0.362. The van der Waals surface area contributed by atoms with E-state index in [1.54, 1.807) is 0 Å². The molecule has 0 aromatic heterocycles. The van der Waals surface area contributed by atoms with E-state index in [0.717, 1.165) is 19.4 Å². The third kappa shape index (κ3) is 4.21. The Bertz CT molecular complexity index is 429. The molecule has 2 fully saturated rings. The Hall–Kier alpha value is -1.06. The van der Waals surface area contributed by atoms with Gasteiger partial charge >= 0.3 is 0 Å². The summed E-state index contributed by atoms with van der Waals surface area (Å²) < 4.78 is 5.80. The molecule has 2 aliphatic heterocycles. The predicted molar refractivity (Wildman–Crippen MR) is 87.6 cm³/mol. The normalized spacial score (nSPS) is 30.5. The van der Waals surface area contributed by atoms with Crippen molar-refractivity contribution in [2.24, 2.45) is 0 Å². The van der Waals surface area contributed by atoms with Crippen molar-refractivity contribution in [2.75, 3.05) is 18.4 Å². The standard InChI is InChI=1S/C18H28N2O/c1-14-11-18(12-15(2)21-14)19-17-7-5-16(6-8-17)13-20-9-3-4-10-20/h5-8,14-15,18-19H,3-4,9-13H2,1-2H3. The number of anilines is 1. The topological polar surface area (TPSA) is 24.5 Å². The van der Waals surface area contributed by atoms with E-state index in [9.17, 15) is 0 Å². The van der Waals surface area contributed by atoms with Crippen molar-refractivity contribution in [1.82, 2.24) is 4.90 Å². The molecular weight excluding hydrogens is 260 g/mol. The molecule has 2 heterocycles. The zero-order chi connectivity index (χ0) is 14.7. The molecule has 2 unspecified atom stereocenters. The van der Waals surface area contributed by atoms with Crippen molar-refractivity contribution in [1.29, 1.82) is 0 Å². The lowest BCUT2D eigenvalue weighted by Gasteiger charge is -2.33. The second-order valence-electron chi connectivity index (χ2n) is 6.75. The minimum Gasteiger partial charge on any atom is -0.382 e. The quantitative estimate of drug-likeness (QED) is 0.915. The lowest BCUT2D eigenvalue weighted by molar-refractivity contribution is -0.0337. The Morgan fingerprint density at radius 3 is 2.29 bits per heavy atom. The second kappa shape index (κ2) is 6.80. The summed E-state index contributed by atoms with van der Waals surface area (Å²) >= 11 is 0. The fourth-order valence-electron chi connectivity index (χ4n) is 3.66. The van der Waals surface area contributed by atoms with Crippen LogP contribution in [0.3, 0.4) is 0 Å². The average molecular weight is 288 g/mol. The van der Waals surface area contributed by atoms with Crippen molar-refractivity contribution in [3.8, 4) is 0 Å². The number of hydrogen-bond acceptors (Lipinski definition) is 3. The van der Waals surface area contributed by atoms with E-state index in [2.05, 4.69) is 48.3 Å². The molecule has 2 aliphatic rings. The molecule has 0 spiro atoms. The van der Waals surface area contributed by atoms with Crippen LogP contribution in [0.5, 0.6) is 0 Å². The van der Waals surface area contributed by atoms with Gasteiger partial charge in [-0.25, -0.2) is 0 Å². The molecule has 21 heavy (non-hydrogen) atoms. The fourth-order valence-corrected chi connectivity index (χ4v) is 3.66. The summed E-state index contributed by atoms with van der Waals surface area (Å²) in [4.78, 5) is 2.55. The van der Waals surface area contributed by atoms with Gasteiger partial charge in [0.25, 0.3) is 0 Å². The van der Waals surface area contributed by atoms with Crippen molar-refractivity contribution >= 4 is 5.69 Å². The lowest BCUT2D eigenvalue weighted by atomic mass is 9.99. The summed E-state index contributed by atoms with van der Waals surface area (Å²) in [5.41, 5.74) is 2.67. The zero-order valence-electron chi connectivity index (χ0n) is 13.3. The molecule has 3 rings (SSSR count). The summed E-state index contributed by atoms with van der Waals surface area (Å²) in [7, 11) is 0. The number of rotatable bonds is 4. The van der Waals surface area contributed by atoms with Gasteiger partial charge in [0.2, 0.25) is 0 Å². The predicted octanol–water partition coefficient (Wildman–Crippen LogP) is 3.65. The Morgan fingerprint density at radius 1 is 1.05 bits per heavy atom. The molecule has 3 nitrogen and oxygen atoms in total. The smallest absolute Gasteiger partial charge is 0.0570 e. The maximum atomic E-state index is 5.80. The van der Waals surface area contributed by atoms with Gasteiger partial charge in [0.1, 0.15) is 0 Å². The number of hydrogen-bond donors (Lipinski definition) is 1. The highest BCUT2D eigenvalue weighted by atomic mass is 16.5. The molecule has 0 saturated carbocycles. The average Bonchev–Trinajstić information content (AvgIpc) is 2.93. The minimum atomic E-state index is 0.362. The van der Waals surface area contributed by atoms with E-state index in [-0.39, 0.29) is 0 Å². The number of nitrogens with one attached hydrogen (secondary N) is 1. The van der Waals surface area contributed by atoms with Crippen LogP contribution >= 0.6 is 0 Å². The van der Waals surface area contributed by atoms with Gasteiger partial charge in [-0.05, 0) is 70.3 Å². The first-order valence-corrected chi connectivity index (χ1v) is 8.42. The molecule has 0 radical (unpaired) electrons. The van der Waals surface area contributed by atoms with Crippen molar-refractivity contribution in [3.05, 3.63) is 29.8 Å². The van der Waals surface area contributed by atoms with Crippen molar-refractivity contribution in [2.45, 2.75) is 64.3 Å². The van der Waals surface area contributed by atoms with Gasteiger partial charge in [-0.15, -0.1) is 0 Å². The number of nitrogens with zero attached hydrogens (tertiary/aromatic N) is 1. The number of ether oxygens (including phenoxy) is 1. The van der Waals surface area contributed by atoms with Gasteiger partial charge in [0, 0.05) is 18.3 Å². The lowest BCUT2D eigenvalue weighted by Crippen LogP contribution is -2.36. The Morgan fingerprint density at radius 2 is 1.67 bits per heavy atom. The van der Waals surface area contributed by atoms with Crippen molar-refractivity contribution < 1.29 is 4.74 Å². The Balaban J connectivity index is 1.54. The van der Waals surface area contributed by atoms with Gasteiger partial charge in [-0.2, -0.15) is 0 Å². The molecule has 1 aromatic rings. The van der Waals surface area contributed by atoms with Crippen LogP contribution in [0.2, 0.25) is 0 Å². The SMILES string of the molecule is CC1CC(Nc2ccc(CN3CCCC3)cc2)CC(C)O1. The first-order valence-electron chi connectivity index (χ1n) is 8.42. The number of benzene rings is 1. The van der Waals surface area contributed by atoms with Crippen LogP contribution in [0.1, 0.15) is 45.1 Å². The molecule has 0 amide bonds. The molecule has 2 atom stereocenters. The first-order chi connectivity index (χ1) is 10.2. The van der Waals surface area contributed by atoms with E-state index in [0.29, 0.717) is 18.2 Å². The molecular formula is C18H28N2O. The van der Waals surface area contributed by atoms with Crippen LogP contribution in [0, 0.1) is 0 Å². The molecule has 3 heteroatoms. The van der Waals surface area contributed by atoms with Gasteiger partial charge < -0.3 is 10.1 Å². The largest absolute Gasteiger partial charge is 0.382 e. The van der Waals surface area contributed by atoms with Crippen molar-refractivity contribution in [3.63, 3.8) is 0 Å². The maximum absolute atomic E-state index is 5.80. The number of likely N-dealkylation sites (tertiary alicyclic amines) is 1. The molecule has 2 saturated heterocycles. The molecule has 1 aromatic carbocycles. The van der Waals surface area contributed by atoms with E-state index in [1.807, 2.05) is 0 Å². The third-order valence-electron chi connectivity index (χ3n) is 4.63. The van der Waals surface area contributed by atoms with E-state index >= 15 is 0 Å². The summed E-state index contributed by atoms with van der Waals surface area (Å²) in [5.74, 6) is 0. The highest BCUT2D eigenvalue weighted by molar-refractivity contribution is 5.45. The molecule has 0 bridgehead atoms. The van der Waals surface area contributed by atoms with Gasteiger partial charge in [0.05, 0.1) is 12.2 Å². The molecule has 116 valence electrons. The first kappa shape index (κ1) is 14.9. The van der Waals surface area contributed by atoms with Crippen LogP contribution in [0.15, 0.2) is 24.3 Å². The Kier molecular flexibility index (Phi) is 4.81. The fraction of sp³-hybridized carbons (Fsp3) is 0.667. The van der Waals surface area contributed by atoms with Gasteiger partial charge in [-0.3, -0.25) is 4.90 Å². The van der Waals surface area contributed by atoms with E-state index in [1.165, 1.54) is 37.2 Å². The van der Waals surface area contributed by atoms with Crippen LogP contribution in [-0.2, 0) is 11.3 Å². The van der Waals surface area contributed by atoms with E-state index in [4.69, 9.17) is 4.74 Å². The van der Waals surface area contributed by atoms with Gasteiger partial charge in [0.15, 0.2) is 0 Å². The van der Waals surface area contributed by atoms with Crippen LogP contribution < -0.4 is 5.32 Å². The zero-order valence-corrected chi connectivity index (χ0v) is 13.3. The third-order valence-corrected chi connectivity index (χ3v) is 4.63. The highest BCUT2D eigenvalue weighted by Crippen LogP contribution is 2.23. The van der Waals surface area contributed by atoms with Crippen LogP contribution in [0.25, 0.3) is 0 Å². The Labute approximate surface area is 128 Å². The maximum Gasteiger partial charge on any atom is 0.0570 e. The summed E-state index contributed by atoms with van der Waals surface area (Å²) in [6, 6.07) is 9.54. The summed E-state index contributed by atoms with van der Waals surface area (Å²) in [6.45, 7) is 7.97. The summed E-state index contributed by atoms with van der Waals surface area (Å²) in [6.07, 6.45) is 5.64. The van der Waals surface area contributed by atoms with Crippen LogP contribution in [0.4, 0.5) is 5.69 Å². The molecule has 1 N–H and O–H groups in total. The second-order valence-corrected chi connectivity index (χ2v) is 6.75. The highest BCUT2D eigenvalue weighted by Gasteiger charge is 2.24.